The highest BCUT2D eigenvalue weighted by atomic mass is 79.9. The number of nitrogens with one attached hydrogen (secondary N) is 2. The summed E-state index contributed by atoms with van der Waals surface area (Å²) < 4.78 is 0.978. The zero-order chi connectivity index (χ0) is 25.0. The van der Waals surface area contributed by atoms with Crippen LogP contribution in [0.4, 0.5) is 5.69 Å². The van der Waals surface area contributed by atoms with Gasteiger partial charge in [0.05, 0.1) is 11.8 Å². The summed E-state index contributed by atoms with van der Waals surface area (Å²) in [5.41, 5.74) is 0.943. The molecule has 190 valence electrons. The molecule has 3 aliphatic carbocycles. The van der Waals surface area contributed by atoms with Crippen molar-refractivity contribution >= 4 is 39.9 Å². The first kappa shape index (κ1) is 25.9. The number of carbonyl (C=O) groups excluding carboxylic acids is 2. The first-order chi connectivity index (χ1) is 16.9. The first-order valence-corrected chi connectivity index (χ1v) is 13.5. The summed E-state index contributed by atoms with van der Waals surface area (Å²) in [5, 5.41) is 13.2. The van der Waals surface area contributed by atoms with Crippen molar-refractivity contribution < 1.29 is 19.5 Å². The molecule has 1 saturated heterocycles. The Balaban J connectivity index is 0.000000917. The SMILES string of the molecule is CC(CCCNC(=O)[C@H]1[C@H](C(=O)Nc2ccc(Br)cc2)[C@@H]2C=C[C@H]1C21CC1)N1CCCC1.O=CO. The Hall–Kier alpha value is -2.19. The van der Waals surface area contributed by atoms with Crippen LogP contribution in [0.5, 0.6) is 0 Å². The summed E-state index contributed by atoms with van der Waals surface area (Å²) in [6, 6.07) is 8.22. The molecule has 0 radical (unpaired) electrons. The van der Waals surface area contributed by atoms with Crippen LogP contribution in [0.2, 0.25) is 0 Å². The van der Waals surface area contributed by atoms with Gasteiger partial charge in [-0.3, -0.25) is 14.4 Å². The topological polar surface area (TPSA) is 98.7 Å². The van der Waals surface area contributed by atoms with E-state index in [1.807, 2.05) is 24.3 Å². The van der Waals surface area contributed by atoms with Crippen LogP contribution in [0.1, 0.15) is 45.4 Å². The van der Waals surface area contributed by atoms with Gasteiger partial charge in [-0.15, -0.1) is 0 Å². The number of allylic oxidation sites excluding steroid dienone is 2. The van der Waals surface area contributed by atoms with Crippen LogP contribution in [0.3, 0.4) is 0 Å². The van der Waals surface area contributed by atoms with E-state index in [2.05, 4.69) is 50.5 Å². The number of hydrogen-bond donors (Lipinski definition) is 3. The molecule has 4 aliphatic rings. The lowest BCUT2D eigenvalue weighted by molar-refractivity contribution is -0.132. The van der Waals surface area contributed by atoms with Crippen molar-refractivity contribution in [3.05, 3.63) is 40.9 Å². The second-order valence-corrected chi connectivity index (χ2v) is 11.3. The maximum Gasteiger partial charge on any atom is 0.290 e. The third-order valence-corrected chi connectivity index (χ3v) is 8.95. The number of nitrogens with zero attached hydrogens (tertiary/aromatic N) is 1. The molecule has 8 heteroatoms. The second kappa shape index (κ2) is 11.2. The predicted molar refractivity (Wildman–Crippen MR) is 139 cm³/mol. The molecule has 1 heterocycles. The summed E-state index contributed by atoms with van der Waals surface area (Å²) in [7, 11) is 0. The van der Waals surface area contributed by atoms with Gasteiger partial charge in [0.2, 0.25) is 11.8 Å². The average molecular weight is 547 g/mol. The van der Waals surface area contributed by atoms with Crippen molar-refractivity contribution in [2.24, 2.45) is 29.1 Å². The molecule has 1 aliphatic heterocycles. The van der Waals surface area contributed by atoms with Crippen LogP contribution < -0.4 is 10.6 Å². The van der Waals surface area contributed by atoms with Gasteiger partial charge in [0.1, 0.15) is 0 Å². The molecule has 1 aromatic carbocycles. The Morgan fingerprint density at radius 2 is 1.69 bits per heavy atom. The Morgan fingerprint density at radius 1 is 1.11 bits per heavy atom. The second-order valence-electron chi connectivity index (χ2n) is 10.3. The Kier molecular flexibility index (Phi) is 8.32. The standard InChI is InChI=1S/C26H34BrN3O2.CH2O2/c1-17(30-15-2-3-16-30)5-4-14-28-24(31)22-20-10-11-21(26(20)12-13-26)23(22)25(32)29-19-8-6-18(27)7-9-19;2-1-3/h6-11,17,20-23H,2-5,12-16H2,1H3,(H,28,31)(H,29,32);1H,(H,2,3)/t17?,20-,21+,22-,23-;/m1./s1. The fourth-order valence-electron chi connectivity index (χ4n) is 6.56. The third kappa shape index (κ3) is 5.48. The van der Waals surface area contributed by atoms with Crippen LogP contribution in [-0.4, -0.2) is 54.0 Å². The van der Waals surface area contributed by atoms with Crippen molar-refractivity contribution in [2.75, 3.05) is 25.0 Å². The van der Waals surface area contributed by atoms with E-state index < -0.39 is 0 Å². The Labute approximate surface area is 215 Å². The van der Waals surface area contributed by atoms with E-state index in [4.69, 9.17) is 9.90 Å². The van der Waals surface area contributed by atoms with Gasteiger partial charge >= 0.3 is 0 Å². The zero-order valence-corrected chi connectivity index (χ0v) is 21.9. The van der Waals surface area contributed by atoms with Crippen molar-refractivity contribution in [3.63, 3.8) is 0 Å². The Morgan fingerprint density at radius 3 is 2.26 bits per heavy atom. The number of halogens is 1. The number of carboxylic acid groups (broad SMARTS) is 1. The highest BCUT2D eigenvalue weighted by Crippen LogP contribution is 2.72. The lowest BCUT2D eigenvalue weighted by Gasteiger charge is -2.27. The summed E-state index contributed by atoms with van der Waals surface area (Å²) in [6.45, 7) is 5.17. The normalized spacial score (nSPS) is 28.3. The van der Waals surface area contributed by atoms with E-state index in [1.165, 1.54) is 25.9 Å². The molecule has 35 heavy (non-hydrogen) atoms. The number of carbonyl (C=O) groups is 3. The predicted octanol–water partition coefficient (Wildman–Crippen LogP) is 4.30. The fourth-order valence-corrected chi connectivity index (χ4v) is 6.82. The monoisotopic (exact) mass is 545 g/mol. The van der Waals surface area contributed by atoms with Crippen LogP contribution in [-0.2, 0) is 14.4 Å². The summed E-state index contributed by atoms with van der Waals surface area (Å²) in [4.78, 5) is 37.6. The lowest BCUT2D eigenvalue weighted by Crippen LogP contribution is -2.42. The van der Waals surface area contributed by atoms with E-state index in [1.54, 1.807) is 0 Å². The van der Waals surface area contributed by atoms with Crippen LogP contribution in [0, 0.1) is 29.1 Å². The molecular formula is C27H36BrN3O4. The number of anilines is 1. The van der Waals surface area contributed by atoms with Gasteiger partial charge in [-0.05, 0) is 100 Å². The number of hydrogen-bond acceptors (Lipinski definition) is 4. The summed E-state index contributed by atoms with van der Waals surface area (Å²) in [5.74, 6) is -0.0830. The van der Waals surface area contributed by atoms with E-state index in [-0.39, 0.29) is 47.4 Å². The molecule has 2 amide bonds. The third-order valence-electron chi connectivity index (χ3n) is 8.42. The van der Waals surface area contributed by atoms with Crippen molar-refractivity contribution in [1.29, 1.82) is 0 Å². The molecule has 0 aromatic heterocycles. The molecule has 5 rings (SSSR count). The van der Waals surface area contributed by atoms with E-state index in [0.29, 0.717) is 12.6 Å². The van der Waals surface area contributed by atoms with Gasteiger partial charge in [-0.1, -0.05) is 28.1 Å². The molecule has 7 nitrogen and oxygen atoms in total. The van der Waals surface area contributed by atoms with Crippen molar-refractivity contribution in [2.45, 2.75) is 51.5 Å². The number of rotatable bonds is 8. The lowest BCUT2D eigenvalue weighted by atomic mass is 9.81. The smallest absolute Gasteiger partial charge is 0.290 e. The van der Waals surface area contributed by atoms with E-state index in [9.17, 15) is 9.59 Å². The van der Waals surface area contributed by atoms with Gasteiger partial charge in [0, 0.05) is 22.7 Å². The molecule has 3 N–H and O–H groups in total. The number of benzene rings is 1. The zero-order valence-electron chi connectivity index (χ0n) is 20.3. The minimum atomic E-state index is -0.278. The highest BCUT2D eigenvalue weighted by molar-refractivity contribution is 9.10. The molecule has 1 unspecified atom stereocenters. The van der Waals surface area contributed by atoms with E-state index in [0.717, 1.165) is 35.8 Å². The highest BCUT2D eigenvalue weighted by Gasteiger charge is 2.69. The molecule has 1 spiro atoms. The number of likely N-dealkylation sites (tertiary alicyclic amines) is 1. The van der Waals surface area contributed by atoms with Gasteiger partial charge < -0.3 is 20.6 Å². The molecule has 1 aromatic rings. The molecule has 5 atom stereocenters. The summed E-state index contributed by atoms with van der Waals surface area (Å²) in [6.07, 6.45) is 11.4. The largest absolute Gasteiger partial charge is 0.483 e. The van der Waals surface area contributed by atoms with Crippen LogP contribution in [0.25, 0.3) is 0 Å². The fraction of sp³-hybridized carbons (Fsp3) is 0.593. The van der Waals surface area contributed by atoms with E-state index >= 15 is 0 Å². The molecular weight excluding hydrogens is 510 g/mol. The molecule has 2 saturated carbocycles. The summed E-state index contributed by atoms with van der Waals surface area (Å²) >= 11 is 3.44. The maximum absolute atomic E-state index is 13.3. The minimum Gasteiger partial charge on any atom is -0.483 e. The average Bonchev–Trinajstić information content (AvgIpc) is 3.19. The van der Waals surface area contributed by atoms with Gasteiger partial charge in [0.25, 0.3) is 6.47 Å². The van der Waals surface area contributed by atoms with Crippen molar-refractivity contribution in [1.82, 2.24) is 10.2 Å². The Bertz CT molecular complexity index is 940. The minimum absolute atomic E-state index is 0.0155. The van der Waals surface area contributed by atoms with Crippen molar-refractivity contribution in [3.8, 4) is 0 Å². The molecule has 2 bridgehead atoms. The quantitative estimate of drug-likeness (QED) is 0.257. The molecule has 3 fully saturated rings. The van der Waals surface area contributed by atoms with Gasteiger partial charge in [-0.2, -0.15) is 0 Å². The van der Waals surface area contributed by atoms with Gasteiger partial charge in [0.15, 0.2) is 0 Å². The number of amides is 2. The van der Waals surface area contributed by atoms with Crippen LogP contribution in [0.15, 0.2) is 40.9 Å². The van der Waals surface area contributed by atoms with Crippen LogP contribution >= 0.6 is 15.9 Å². The first-order valence-electron chi connectivity index (χ1n) is 12.8. The van der Waals surface area contributed by atoms with Gasteiger partial charge in [-0.25, -0.2) is 0 Å². The maximum atomic E-state index is 13.3.